The molecule has 22 heavy (non-hydrogen) atoms. The lowest BCUT2D eigenvalue weighted by atomic mass is 10.1. The van der Waals surface area contributed by atoms with Crippen LogP contribution in [-0.4, -0.2) is 31.9 Å². The molecule has 0 aliphatic heterocycles. The van der Waals surface area contributed by atoms with Crippen molar-refractivity contribution in [3.05, 3.63) is 55.1 Å². The van der Waals surface area contributed by atoms with Gasteiger partial charge in [-0.3, -0.25) is 0 Å². The molecule has 4 nitrogen and oxygen atoms in total. The molecule has 0 N–H and O–H groups in total. The maximum absolute atomic E-state index is 11.6. The highest BCUT2D eigenvalue weighted by Crippen LogP contribution is 2.24. The Morgan fingerprint density at radius 2 is 1.95 bits per heavy atom. The van der Waals surface area contributed by atoms with Crippen LogP contribution in [0.25, 0.3) is 10.8 Å². The zero-order valence-electron chi connectivity index (χ0n) is 12.7. The van der Waals surface area contributed by atoms with Gasteiger partial charge in [-0.1, -0.05) is 42.5 Å². The summed E-state index contributed by atoms with van der Waals surface area (Å²) in [5.74, 6) is 0.383. The molecule has 116 valence electrons. The highest BCUT2D eigenvalue weighted by molar-refractivity contribution is 5.88. The molecule has 0 aliphatic rings. The van der Waals surface area contributed by atoms with Crippen molar-refractivity contribution in [2.75, 3.05) is 19.8 Å². The van der Waals surface area contributed by atoms with E-state index in [1.807, 2.05) is 42.5 Å². The van der Waals surface area contributed by atoms with Crippen LogP contribution in [0.15, 0.2) is 55.1 Å². The summed E-state index contributed by atoms with van der Waals surface area (Å²) in [6.07, 6.45) is 0.989. The fourth-order valence-electron chi connectivity index (χ4n) is 2.01. The first-order valence-electron chi connectivity index (χ1n) is 7.22. The summed E-state index contributed by atoms with van der Waals surface area (Å²) in [7, 11) is 0. The number of hydrogen-bond acceptors (Lipinski definition) is 4. The highest BCUT2D eigenvalue weighted by Gasteiger charge is 2.14. The highest BCUT2D eigenvalue weighted by atomic mass is 16.6. The minimum absolute atomic E-state index is 0.184. The lowest BCUT2D eigenvalue weighted by molar-refractivity contribution is -0.155. The van der Waals surface area contributed by atoms with Crippen LogP contribution in [0, 0.1) is 0 Å². The molecular formula is C18H20O4. The average molecular weight is 300 g/mol. The summed E-state index contributed by atoms with van der Waals surface area (Å²) in [5.41, 5.74) is 0. The van der Waals surface area contributed by atoms with E-state index in [4.69, 9.17) is 14.2 Å². The first-order valence-corrected chi connectivity index (χ1v) is 7.22. The number of esters is 1. The van der Waals surface area contributed by atoms with E-state index in [9.17, 15) is 4.79 Å². The molecule has 0 radical (unpaired) electrons. The Bertz CT molecular complexity index is 631. The van der Waals surface area contributed by atoms with E-state index in [-0.39, 0.29) is 6.61 Å². The van der Waals surface area contributed by atoms with Crippen LogP contribution >= 0.6 is 0 Å². The zero-order chi connectivity index (χ0) is 15.8. The third-order valence-corrected chi connectivity index (χ3v) is 3.13. The van der Waals surface area contributed by atoms with Crippen LogP contribution in [-0.2, 0) is 14.3 Å². The number of rotatable bonds is 8. The van der Waals surface area contributed by atoms with E-state index >= 15 is 0 Å². The Morgan fingerprint density at radius 3 is 2.77 bits per heavy atom. The van der Waals surface area contributed by atoms with Gasteiger partial charge in [-0.25, -0.2) is 4.79 Å². The summed E-state index contributed by atoms with van der Waals surface area (Å²) in [6.45, 7) is 5.99. The predicted molar refractivity (Wildman–Crippen MR) is 86.0 cm³/mol. The maximum Gasteiger partial charge on any atom is 0.335 e. The normalized spacial score (nSPS) is 11.9. The molecule has 2 aromatic carbocycles. The van der Waals surface area contributed by atoms with E-state index in [2.05, 4.69) is 6.58 Å². The number of benzene rings is 2. The molecule has 2 aromatic rings. The monoisotopic (exact) mass is 300 g/mol. The van der Waals surface area contributed by atoms with Crippen LogP contribution in [0.3, 0.4) is 0 Å². The van der Waals surface area contributed by atoms with Crippen molar-refractivity contribution in [2.24, 2.45) is 0 Å². The first kappa shape index (κ1) is 16.0. The summed E-state index contributed by atoms with van der Waals surface area (Å²) >= 11 is 0. The van der Waals surface area contributed by atoms with Crippen molar-refractivity contribution < 1.29 is 19.0 Å². The molecule has 2 rings (SSSR count). The maximum atomic E-state index is 11.6. The second-order valence-corrected chi connectivity index (χ2v) is 4.76. The molecule has 1 unspecified atom stereocenters. The molecule has 0 saturated carbocycles. The summed E-state index contributed by atoms with van der Waals surface area (Å²) < 4.78 is 16.0. The van der Waals surface area contributed by atoms with Gasteiger partial charge in [-0.05, 0) is 18.4 Å². The summed E-state index contributed by atoms with van der Waals surface area (Å²) in [4.78, 5) is 11.6. The molecule has 4 heteroatoms. The van der Waals surface area contributed by atoms with E-state index in [1.165, 1.54) is 0 Å². The van der Waals surface area contributed by atoms with E-state index in [0.29, 0.717) is 13.2 Å². The van der Waals surface area contributed by atoms with Gasteiger partial charge in [-0.2, -0.15) is 0 Å². The fraction of sp³-hybridized carbons (Fsp3) is 0.278. The fourth-order valence-corrected chi connectivity index (χ4v) is 2.01. The van der Waals surface area contributed by atoms with Crippen molar-refractivity contribution in [3.63, 3.8) is 0 Å². The largest absolute Gasteiger partial charge is 0.489 e. The van der Waals surface area contributed by atoms with E-state index < -0.39 is 12.1 Å². The lowest BCUT2D eigenvalue weighted by Crippen LogP contribution is -2.25. The van der Waals surface area contributed by atoms with Crippen LogP contribution in [0.5, 0.6) is 5.75 Å². The van der Waals surface area contributed by atoms with Gasteiger partial charge in [-0.15, -0.1) is 6.58 Å². The summed E-state index contributed by atoms with van der Waals surface area (Å²) in [6, 6.07) is 13.9. The molecule has 0 aromatic heterocycles. The topological polar surface area (TPSA) is 44.8 Å². The van der Waals surface area contributed by atoms with Gasteiger partial charge in [0.2, 0.25) is 0 Å². The van der Waals surface area contributed by atoms with Gasteiger partial charge in [0.15, 0.2) is 6.10 Å². The molecule has 0 aliphatic carbocycles. The molecular weight excluding hydrogens is 280 g/mol. The molecule has 0 fully saturated rings. The van der Waals surface area contributed by atoms with Crippen molar-refractivity contribution in [3.8, 4) is 5.75 Å². The van der Waals surface area contributed by atoms with Gasteiger partial charge in [0, 0.05) is 5.39 Å². The molecule has 0 spiro atoms. The number of fused-ring (bicyclic) bond motifs is 1. The van der Waals surface area contributed by atoms with Crippen LogP contribution < -0.4 is 4.74 Å². The van der Waals surface area contributed by atoms with Crippen molar-refractivity contribution in [1.29, 1.82) is 0 Å². The third-order valence-electron chi connectivity index (χ3n) is 3.13. The second-order valence-electron chi connectivity index (χ2n) is 4.76. The van der Waals surface area contributed by atoms with E-state index in [1.54, 1.807) is 13.0 Å². The quantitative estimate of drug-likeness (QED) is 0.426. The Kier molecular flexibility index (Phi) is 5.98. The van der Waals surface area contributed by atoms with Gasteiger partial charge < -0.3 is 14.2 Å². The predicted octanol–water partition coefficient (Wildman–Crippen LogP) is 3.35. The Morgan fingerprint density at radius 1 is 1.18 bits per heavy atom. The smallest absolute Gasteiger partial charge is 0.335 e. The minimum Gasteiger partial charge on any atom is -0.489 e. The van der Waals surface area contributed by atoms with E-state index in [0.717, 1.165) is 16.5 Å². The van der Waals surface area contributed by atoms with Crippen molar-refractivity contribution >= 4 is 16.7 Å². The Balaban J connectivity index is 1.81. The SMILES string of the molecule is C=CCOC(C)C(=O)OCCOc1cccc2ccccc12. The second kappa shape index (κ2) is 8.20. The standard InChI is InChI=1S/C18H20O4/c1-3-11-20-14(2)18(19)22-13-12-21-17-10-6-8-15-7-4-5-9-16(15)17/h3-10,14H,1,11-13H2,2H3. The van der Waals surface area contributed by atoms with Crippen LogP contribution in [0.4, 0.5) is 0 Å². The molecule has 1 atom stereocenters. The minimum atomic E-state index is -0.601. The molecule has 0 saturated heterocycles. The molecule has 0 amide bonds. The molecule has 0 bridgehead atoms. The average Bonchev–Trinajstić information content (AvgIpc) is 2.56. The Hall–Kier alpha value is -2.33. The summed E-state index contributed by atoms with van der Waals surface area (Å²) in [5, 5.41) is 2.16. The third kappa shape index (κ3) is 4.33. The number of carbonyl (C=O) groups is 1. The van der Waals surface area contributed by atoms with Crippen molar-refractivity contribution in [1.82, 2.24) is 0 Å². The lowest BCUT2D eigenvalue weighted by Gasteiger charge is -2.12. The van der Waals surface area contributed by atoms with Gasteiger partial charge >= 0.3 is 5.97 Å². The van der Waals surface area contributed by atoms with Gasteiger partial charge in [0.05, 0.1) is 6.61 Å². The van der Waals surface area contributed by atoms with Crippen molar-refractivity contribution in [2.45, 2.75) is 13.0 Å². The first-order chi connectivity index (χ1) is 10.7. The number of hydrogen-bond donors (Lipinski definition) is 0. The number of carbonyl (C=O) groups excluding carboxylic acids is 1. The number of ether oxygens (including phenoxy) is 3. The van der Waals surface area contributed by atoms with Crippen LogP contribution in [0.1, 0.15) is 6.92 Å². The van der Waals surface area contributed by atoms with Crippen LogP contribution in [0.2, 0.25) is 0 Å². The zero-order valence-corrected chi connectivity index (χ0v) is 12.7. The van der Waals surface area contributed by atoms with Gasteiger partial charge in [0.25, 0.3) is 0 Å². The van der Waals surface area contributed by atoms with Gasteiger partial charge in [0.1, 0.15) is 19.0 Å². The Labute approximate surface area is 130 Å². The molecule has 0 heterocycles.